The van der Waals surface area contributed by atoms with Crippen molar-refractivity contribution in [2.75, 3.05) is 14.2 Å². The van der Waals surface area contributed by atoms with E-state index in [0.29, 0.717) is 17.7 Å². The summed E-state index contributed by atoms with van der Waals surface area (Å²) in [7, 11) is 2.12. The standard InChI is InChI=1S/C25H23F4NO7/c1-5-14-6-7-15(19(10-14)36-13(2)23(31)33-3)12-35-16-8-9-17(18(26)11-16)21-20(24(32)34-4)22(37-30-21)25(27,28)29/h6-11,13H,5,12H2,1-4H3. The number of carbonyl (C=O) groups is 2. The van der Waals surface area contributed by atoms with Crippen LogP contribution in [0.1, 0.15) is 41.1 Å². The molecule has 0 saturated carbocycles. The lowest BCUT2D eigenvalue weighted by atomic mass is 10.0. The third-order valence-corrected chi connectivity index (χ3v) is 5.31. The van der Waals surface area contributed by atoms with Gasteiger partial charge in [0, 0.05) is 17.2 Å². The highest BCUT2D eigenvalue weighted by Crippen LogP contribution is 2.38. The van der Waals surface area contributed by atoms with Gasteiger partial charge >= 0.3 is 18.1 Å². The maximum atomic E-state index is 14.9. The van der Waals surface area contributed by atoms with Gasteiger partial charge in [-0.2, -0.15) is 13.2 Å². The Hall–Kier alpha value is -4.09. The first kappa shape index (κ1) is 27.5. The highest BCUT2D eigenvalue weighted by Gasteiger charge is 2.43. The van der Waals surface area contributed by atoms with Gasteiger partial charge in [-0.05, 0) is 37.1 Å². The van der Waals surface area contributed by atoms with Crippen LogP contribution >= 0.6 is 0 Å². The minimum absolute atomic E-state index is 0.0342. The molecule has 8 nitrogen and oxygen atoms in total. The monoisotopic (exact) mass is 525 g/mol. The molecule has 0 aliphatic heterocycles. The summed E-state index contributed by atoms with van der Waals surface area (Å²) in [4.78, 5) is 23.7. The number of esters is 2. The Bertz CT molecular complexity index is 1290. The Morgan fingerprint density at radius 3 is 2.41 bits per heavy atom. The second-order valence-electron chi connectivity index (χ2n) is 7.73. The lowest BCUT2D eigenvalue weighted by Gasteiger charge is -2.17. The summed E-state index contributed by atoms with van der Waals surface area (Å²) >= 11 is 0. The molecule has 1 heterocycles. The molecule has 0 amide bonds. The van der Waals surface area contributed by atoms with Gasteiger partial charge in [-0.15, -0.1) is 0 Å². The molecule has 0 fully saturated rings. The largest absolute Gasteiger partial charge is 0.489 e. The number of carbonyl (C=O) groups excluding carboxylic acids is 2. The highest BCUT2D eigenvalue weighted by atomic mass is 19.4. The number of alkyl halides is 3. The molecular weight excluding hydrogens is 502 g/mol. The van der Waals surface area contributed by atoms with E-state index in [1.165, 1.54) is 20.1 Å². The van der Waals surface area contributed by atoms with Crippen molar-refractivity contribution >= 4 is 11.9 Å². The summed E-state index contributed by atoms with van der Waals surface area (Å²) in [5.74, 6) is -4.25. The smallest absolute Gasteiger partial charge is 0.453 e. The number of ether oxygens (including phenoxy) is 4. The van der Waals surface area contributed by atoms with Crippen molar-refractivity contribution in [1.82, 2.24) is 5.16 Å². The summed E-state index contributed by atoms with van der Waals surface area (Å²) in [5, 5.41) is 3.25. The number of benzene rings is 2. The molecule has 1 aromatic heterocycles. The molecule has 1 unspecified atom stereocenters. The van der Waals surface area contributed by atoms with E-state index in [2.05, 4.69) is 19.2 Å². The molecule has 3 aromatic rings. The molecule has 37 heavy (non-hydrogen) atoms. The van der Waals surface area contributed by atoms with Crippen LogP contribution in [0, 0.1) is 5.82 Å². The van der Waals surface area contributed by atoms with E-state index in [4.69, 9.17) is 9.47 Å². The Balaban J connectivity index is 1.87. The van der Waals surface area contributed by atoms with Crippen LogP contribution in [0.15, 0.2) is 40.9 Å². The summed E-state index contributed by atoms with van der Waals surface area (Å²) < 4.78 is 79.4. The van der Waals surface area contributed by atoms with Crippen molar-refractivity contribution in [3.8, 4) is 22.8 Å². The van der Waals surface area contributed by atoms with Gasteiger partial charge in [0.15, 0.2) is 6.10 Å². The molecular formula is C25H23F4NO7. The van der Waals surface area contributed by atoms with E-state index in [1.54, 1.807) is 12.1 Å². The van der Waals surface area contributed by atoms with Crippen molar-refractivity contribution < 1.29 is 50.6 Å². The van der Waals surface area contributed by atoms with E-state index in [9.17, 15) is 27.2 Å². The van der Waals surface area contributed by atoms with E-state index >= 15 is 0 Å². The van der Waals surface area contributed by atoms with Gasteiger partial charge in [-0.25, -0.2) is 14.0 Å². The van der Waals surface area contributed by atoms with Crippen molar-refractivity contribution in [3.63, 3.8) is 0 Å². The van der Waals surface area contributed by atoms with Gasteiger partial charge in [0.25, 0.3) is 5.76 Å². The van der Waals surface area contributed by atoms with E-state index < -0.39 is 52.6 Å². The molecule has 1 atom stereocenters. The van der Waals surface area contributed by atoms with E-state index in [0.717, 1.165) is 24.8 Å². The average molecular weight is 525 g/mol. The van der Waals surface area contributed by atoms with Crippen LogP contribution in [0.2, 0.25) is 0 Å². The predicted octanol–water partition coefficient (Wildman–Crippen LogP) is 5.37. The number of rotatable bonds is 9. The van der Waals surface area contributed by atoms with Crippen LogP contribution in [0.3, 0.4) is 0 Å². The number of methoxy groups -OCH3 is 2. The van der Waals surface area contributed by atoms with Gasteiger partial charge in [-0.3, -0.25) is 0 Å². The van der Waals surface area contributed by atoms with E-state index in [-0.39, 0.29) is 12.4 Å². The Morgan fingerprint density at radius 1 is 1.08 bits per heavy atom. The van der Waals surface area contributed by atoms with Gasteiger partial charge in [0.05, 0.1) is 14.2 Å². The number of aryl methyl sites for hydroxylation is 1. The van der Waals surface area contributed by atoms with Gasteiger partial charge < -0.3 is 23.5 Å². The van der Waals surface area contributed by atoms with Crippen LogP contribution in [0.5, 0.6) is 11.5 Å². The maximum absolute atomic E-state index is 14.9. The molecule has 0 bridgehead atoms. The number of hydrogen-bond donors (Lipinski definition) is 0. The topological polar surface area (TPSA) is 97.1 Å². The minimum Gasteiger partial charge on any atom is -0.489 e. The third-order valence-electron chi connectivity index (χ3n) is 5.31. The number of nitrogens with zero attached hydrogens (tertiary/aromatic N) is 1. The fraction of sp³-hybridized carbons (Fsp3) is 0.320. The minimum atomic E-state index is -5.05. The number of aromatic nitrogens is 1. The molecule has 2 aromatic carbocycles. The Morgan fingerprint density at radius 2 is 1.81 bits per heavy atom. The quantitative estimate of drug-likeness (QED) is 0.272. The first-order chi connectivity index (χ1) is 17.5. The fourth-order valence-corrected chi connectivity index (χ4v) is 3.35. The first-order valence-corrected chi connectivity index (χ1v) is 10.9. The molecule has 12 heteroatoms. The summed E-state index contributed by atoms with van der Waals surface area (Å²) in [6, 6.07) is 8.65. The van der Waals surface area contributed by atoms with Crippen LogP contribution in [-0.2, 0) is 33.5 Å². The summed E-state index contributed by atoms with van der Waals surface area (Å²) in [6.45, 7) is 3.39. The second-order valence-corrected chi connectivity index (χ2v) is 7.73. The molecule has 3 rings (SSSR count). The van der Waals surface area contributed by atoms with Gasteiger partial charge in [0.1, 0.15) is 35.2 Å². The van der Waals surface area contributed by atoms with Crippen molar-refractivity contribution in [2.24, 2.45) is 0 Å². The molecule has 0 saturated heterocycles. The fourth-order valence-electron chi connectivity index (χ4n) is 3.35. The lowest BCUT2D eigenvalue weighted by Crippen LogP contribution is -2.25. The molecule has 0 aliphatic carbocycles. The SMILES string of the molecule is CCc1ccc(COc2ccc(-c3noc(C(F)(F)F)c3C(=O)OC)c(F)c2)c(OC(C)C(=O)OC)c1. The first-order valence-electron chi connectivity index (χ1n) is 10.9. The zero-order valence-corrected chi connectivity index (χ0v) is 20.3. The maximum Gasteiger partial charge on any atom is 0.453 e. The Labute approximate surface area is 209 Å². The van der Waals surface area contributed by atoms with Crippen LogP contribution in [0.4, 0.5) is 17.6 Å². The summed E-state index contributed by atoms with van der Waals surface area (Å²) in [5.41, 5.74) is -0.628. The van der Waals surface area contributed by atoms with E-state index in [1.807, 2.05) is 13.0 Å². The second kappa shape index (κ2) is 11.3. The third kappa shape index (κ3) is 6.19. The normalized spacial score (nSPS) is 12.1. The average Bonchev–Trinajstić information content (AvgIpc) is 3.32. The zero-order chi connectivity index (χ0) is 27.3. The van der Waals surface area contributed by atoms with Crippen molar-refractivity contribution in [3.05, 3.63) is 64.7 Å². The zero-order valence-electron chi connectivity index (χ0n) is 20.3. The van der Waals surface area contributed by atoms with Crippen LogP contribution in [-0.4, -0.2) is 37.4 Å². The highest BCUT2D eigenvalue weighted by molar-refractivity contribution is 5.97. The number of hydrogen-bond acceptors (Lipinski definition) is 8. The molecule has 0 spiro atoms. The van der Waals surface area contributed by atoms with Gasteiger partial charge in [0.2, 0.25) is 0 Å². The van der Waals surface area contributed by atoms with Crippen LogP contribution in [0.25, 0.3) is 11.3 Å². The molecule has 198 valence electrons. The predicted molar refractivity (Wildman–Crippen MR) is 120 cm³/mol. The molecule has 0 N–H and O–H groups in total. The molecule has 0 radical (unpaired) electrons. The summed E-state index contributed by atoms with van der Waals surface area (Å²) in [6.07, 6.45) is -5.23. The van der Waals surface area contributed by atoms with Crippen LogP contribution < -0.4 is 9.47 Å². The van der Waals surface area contributed by atoms with Crippen molar-refractivity contribution in [1.29, 1.82) is 0 Å². The van der Waals surface area contributed by atoms with Crippen molar-refractivity contribution in [2.45, 2.75) is 39.2 Å². The van der Waals surface area contributed by atoms with Gasteiger partial charge in [-0.1, -0.05) is 24.2 Å². The lowest BCUT2D eigenvalue weighted by molar-refractivity contribution is -0.156. The Kier molecular flexibility index (Phi) is 8.41. The number of halogens is 4. The molecule has 0 aliphatic rings.